The molecule has 0 bridgehead atoms. The highest BCUT2D eigenvalue weighted by Gasteiger charge is 2.17. The van der Waals surface area contributed by atoms with E-state index in [1.807, 2.05) is 0 Å². The van der Waals surface area contributed by atoms with E-state index >= 15 is 0 Å². The monoisotopic (exact) mass is 313 g/mol. The van der Waals surface area contributed by atoms with Gasteiger partial charge < -0.3 is 20.9 Å². The molecule has 2 rings (SSSR count). The van der Waals surface area contributed by atoms with E-state index in [1.165, 1.54) is 37.5 Å². The highest BCUT2D eigenvalue weighted by Crippen LogP contribution is 2.25. The van der Waals surface area contributed by atoms with Crippen molar-refractivity contribution in [3.05, 3.63) is 29.8 Å². The van der Waals surface area contributed by atoms with Crippen LogP contribution in [0.1, 0.15) is 30.9 Å². The molecule has 1 unspecified atom stereocenters. The number of aliphatic hydroxyl groups is 1. The third-order valence-electron chi connectivity index (χ3n) is 3.70. The largest absolute Gasteiger partial charge is 0.435 e. The number of halogens is 2. The van der Waals surface area contributed by atoms with E-state index in [1.54, 1.807) is 6.07 Å². The van der Waals surface area contributed by atoms with Crippen LogP contribution in [0.4, 0.5) is 8.78 Å². The molecule has 0 spiro atoms. The van der Waals surface area contributed by atoms with Crippen molar-refractivity contribution in [3.63, 3.8) is 0 Å². The standard InChI is InChI=1S/C15H21F2N3O2/c16-14(17)22-12-6-2-5-11(7-12)13(21)9-20-15(18)19-8-10-3-1-4-10/h2,5-7,10,13-14,21H,1,3-4,8-9H2,(H3,18,19,20). The number of nitrogens with two attached hydrogens (primary N) is 1. The van der Waals surface area contributed by atoms with Gasteiger partial charge in [-0.2, -0.15) is 8.78 Å². The molecular formula is C15H21F2N3O2. The van der Waals surface area contributed by atoms with Crippen molar-refractivity contribution in [1.82, 2.24) is 5.32 Å². The first kappa shape index (κ1) is 16.5. The molecular weight excluding hydrogens is 292 g/mol. The van der Waals surface area contributed by atoms with Gasteiger partial charge in [-0.25, -0.2) is 0 Å². The lowest BCUT2D eigenvalue weighted by molar-refractivity contribution is -0.0499. The molecule has 0 heterocycles. The number of guanidine groups is 1. The van der Waals surface area contributed by atoms with Crippen molar-refractivity contribution < 1.29 is 18.6 Å². The van der Waals surface area contributed by atoms with Crippen molar-refractivity contribution in [1.29, 1.82) is 0 Å². The van der Waals surface area contributed by atoms with Crippen LogP contribution in [0.25, 0.3) is 0 Å². The van der Waals surface area contributed by atoms with Crippen LogP contribution < -0.4 is 15.8 Å². The average Bonchev–Trinajstić information content (AvgIpc) is 2.42. The van der Waals surface area contributed by atoms with E-state index in [4.69, 9.17) is 5.73 Å². The normalized spacial score (nSPS) is 17.2. The highest BCUT2D eigenvalue weighted by atomic mass is 19.3. The molecule has 1 aromatic carbocycles. The average molecular weight is 313 g/mol. The number of nitrogens with one attached hydrogen (secondary N) is 1. The minimum absolute atomic E-state index is 0.00612. The predicted molar refractivity (Wildman–Crippen MR) is 79.9 cm³/mol. The first-order chi connectivity index (χ1) is 10.5. The van der Waals surface area contributed by atoms with Gasteiger partial charge in [0.05, 0.1) is 12.6 Å². The van der Waals surface area contributed by atoms with Gasteiger partial charge in [-0.1, -0.05) is 18.6 Å². The molecule has 1 atom stereocenters. The molecule has 122 valence electrons. The summed E-state index contributed by atoms with van der Waals surface area (Å²) in [6.07, 6.45) is 2.75. The topological polar surface area (TPSA) is 79.9 Å². The SMILES string of the molecule is NC(=NCC(O)c1cccc(OC(F)F)c1)NCC1CCC1. The molecule has 1 aromatic rings. The number of aliphatic imine (C=N–C) groups is 1. The maximum atomic E-state index is 12.2. The van der Waals surface area contributed by atoms with E-state index in [0.29, 0.717) is 11.5 Å². The number of aliphatic hydroxyl groups excluding tert-OH is 1. The summed E-state index contributed by atoms with van der Waals surface area (Å²) in [5.41, 5.74) is 6.18. The highest BCUT2D eigenvalue weighted by molar-refractivity contribution is 5.77. The fraction of sp³-hybridized carbons (Fsp3) is 0.533. The van der Waals surface area contributed by atoms with Crippen LogP contribution in [0, 0.1) is 5.92 Å². The molecule has 1 fully saturated rings. The number of nitrogens with zero attached hydrogens (tertiary/aromatic N) is 1. The second-order valence-electron chi connectivity index (χ2n) is 5.37. The summed E-state index contributed by atoms with van der Waals surface area (Å²) >= 11 is 0. The van der Waals surface area contributed by atoms with Gasteiger partial charge in [-0.3, -0.25) is 4.99 Å². The van der Waals surface area contributed by atoms with Crippen LogP contribution in [0.3, 0.4) is 0 Å². The smallest absolute Gasteiger partial charge is 0.387 e. The molecule has 1 aliphatic carbocycles. The molecule has 22 heavy (non-hydrogen) atoms. The van der Waals surface area contributed by atoms with Crippen molar-refractivity contribution in [2.24, 2.45) is 16.6 Å². The summed E-state index contributed by atoms with van der Waals surface area (Å²) in [6.45, 7) is -2.04. The lowest BCUT2D eigenvalue weighted by Gasteiger charge is -2.25. The summed E-state index contributed by atoms with van der Waals surface area (Å²) in [5.74, 6) is 0.944. The minimum atomic E-state index is -2.89. The molecule has 0 saturated heterocycles. The third kappa shape index (κ3) is 5.14. The zero-order valence-electron chi connectivity index (χ0n) is 12.2. The number of ether oxygens (including phenoxy) is 1. The summed E-state index contributed by atoms with van der Waals surface area (Å²) in [6, 6.07) is 5.93. The van der Waals surface area contributed by atoms with Gasteiger partial charge in [0.25, 0.3) is 0 Å². The number of hydrogen-bond acceptors (Lipinski definition) is 3. The maximum absolute atomic E-state index is 12.2. The fourth-order valence-electron chi connectivity index (χ4n) is 2.19. The first-order valence-corrected chi connectivity index (χ1v) is 7.31. The molecule has 7 heteroatoms. The van der Waals surface area contributed by atoms with Gasteiger partial charge in [0.2, 0.25) is 0 Å². The Bertz CT molecular complexity index is 507. The number of hydrogen-bond donors (Lipinski definition) is 3. The molecule has 1 saturated carbocycles. The second kappa shape index (κ2) is 7.93. The van der Waals surface area contributed by atoms with Crippen molar-refractivity contribution >= 4 is 5.96 Å². The van der Waals surface area contributed by atoms with E-state index in [0.717, 1.165) is 6.54 Å². The fourth-order valence-corrected chi connectivity index (χ4v) is 2.19. The van der Waals surface area contributed by atoms with E-state index in [9.17, 15) is 13.9 Å². The van der Waals surface area contributed by atoms with Gasteiger partial charge >= 0.3 is 6.61 Å². The molecule has 4 N–H and O–H groups in total. The van der Waals surface area contributed by atoms with E-state index in [2.05, 4.69) is 15.0 Å². The summed E-state index contributed by atoms with van der Waals surface area (Å²) in [4.78, 5) is 4.07. The zero-order valence-corrected chi connectivity index (χ0v) is 12.2. The Labute approximate surface area is 128 Å². The molecule has 0 aromatic heterocycles. The molecule has 1 aliphatic rings. The van der Waals surface area contributed by atoms with Crippen LogP contribution in [0.5, 0.6) is 5.75 Å². The van der Waals surface area contributed by atoms with Gasteiger partial charge in [-0.05, 0) is 36.5 Å². The summed E-state index contributed by atoms with van der Waals surface area (Å²) in [5, 5.41) is 13.1. The quantitative estimate of drug-likeness (QED) is 0.531. The zero-order chi connectivity index (χ0) is 15.9. The lowest BCUT2D eigenvalue weighted by Crippen LogP contribution is -2.37. The Morgan fingerprint density at radius 2 is 2.23 bits per heavy atom. The second-order valence-corrected chi connectivity index (χ2v) is 5.37. The summed E-state index contributed by atoms with van der Waals surface area (Å²) < 4.78 is 28.6. The van der Waals surface area contributed by atoms with Crippen molar-refractivity contribution in [3.8, 4) is 5.75 Å². The van der Waals surface area contributed by atoms with E-state index < -0.39 is 12.7 Å². The number of benzene rings is 1. The Balaban J connectivity index is 1.83. The van der Waals surface area contributed by atoms with Gasteiger partial charge in [-0.15, -0.1) is 0 Å². The van der Waals surface area contributed by atoms with Gasteiger partial charge in [0, 0.05) is 6.54 Å². The molecule has 5 nitrogen and oxygen atoms in total. The Kier molecular flexibility index (Phi) is 5.94. The molecule has 0 radical (unpaired) electrons. The lowest BCUT2D eigenvalue weighted by atomic mass is 9.85. The predicted octanol–water partition coefficient (Wildman–Crippen LogP) is 2.03. The van der Waals surface area contributed by atoms with E-state index in [-0.39, 0.29) is 18.3 Å². The van der Waals surface area contributed by atoms with Crippen LogP contribution in [0.15, 0.2) is 29.3 Å². The van der Waals surface area contributed by atoms with Crippen molar-refractivity contribution in [2.45, 2.75) is 32.0 Å². The minimum Gasteiger partial charge on any atom is -0.435 e. The van der Waals surface area contributed by atoms with Crippen LogP contribution >= 0.6 is 0 Å². The van der Waals surface area contributed by atoms with Crippen molar-refractivity contribution in [2.75, 3.05) is 13.1 Å². The maximum Gasteiger partial charge on any atom is 0.387 e. The van der Waals surface area contributed by atoms with Crippen LogP contribution in [-0.2, 0) is 0 Å². The first-order valence-electron chi connectivity index (χ1n) is 7.31. The van der Waals surface area contributed by atoms with Gasteiger partial charge in [0.15, 0.2) is 5.96 Å². The van der Waals surface area contributed by atoms with Gasteiger partial charge in [0.1, 0.15) is 5.75 Å². The third-order valence-corrected chi connectivity index (χ3v) is 3.70. The Morgan fingerprint density at radius 1 is 1.45 bits per heavy atom. The van der Waals surface area contributed by atoms with Crippen LogP contribution in [-0.4, -0.2) is 30.8 Å². The number of alkyl halides is 2. The Morgan fingerprint density at radius 3 is 2.86 bits per heavy atom. The summed E-state index contributed by atoms with van der Waals surface area (Å²) in [7, 11) is 0. The number of rotatable bonds is 7. The molecule has 0 aliphatic heterocycles. The van der Waals surface area contributed by atoms with Crippen LogP contribution in [0.2, 0.25) is 0 Å². The Hall–Kier alpha value is -1.89. The molecule has 0 amide bonds.